The van der Waals surface area contributed by atoms with E-state index in [0.29, 0.717) is 82.6 Å². The zero-order valence-electron chi connectivity index (χ0n) is 37.5. The SMILES string of the molecule is C[C@H]1CCCOc2ncc(-n3cnc(C4CC4)c3)cc2C(=O)Nc2cccc(n2)-c2nncn21.C[C@H]1CCCOc2ncc(-n3cncc3C3CC3)cc2C(=O)Nc2cccc(n2)-c2nncn21. The molecule has 8 aromatic heterocycles. The summed E-state index contributed by atoms with van der Waals surface area (Å²) >= 11 is 0. The summed E-state index contributed by atoms with van der Waals surface area (Å²) in [4.78, 5) is 53.7. The van der Waals surface area contributed by atoms with Crippen LogP contribution in [0, 0.1) is 0 Å². The van der Waals surface area contributed by atoms with Gasteiger partial charge in [-0.1, -0.05) is 12.1 Å². The van der Waals surface area contributed by atoms with Gasteiger partial charge in [-0.2, -0.15) is 0 Å². The van der Waals surface area contributed by atoms with Gasteiger partial charge >= 0.3 is 0 Å². The van der Waals surface area contributed by atoms with Crippen molar-refractivity contribution in [2.24, 2.45) is 0 Å². The van der Waals surface area contributed by atoms with E-state index < -0.39 is 0 Å². The van der Waals surface area contributed by atoms with Gasteiger partial charge in [0.2, 0.25) is 11.8 Å². The second kappa shape index (κ2) is 18.3. The minimum atomic E-state index is -0.344. The number of fused-ring (bicyclic) bond motifs is 10. The number of aromatic nitrogens is 14. The Morgan fingerprint density at radius 2 is 1.18 bits per heavy atom. The zero-order valence-corrected chi connectivity index (χ0v) is 37.5. The molecular weight excluding hydrogens is 865 g/mol. The maximum absolute atomic E-state index is 13.4. The third-order valence-corrected chi connectivity index (χ3v) is 12.5. The predicted octanol–water partition coefficient (Wildman–Crippen LogP) is 7.57. The summed E-state index contributed by atoms with van der Waals surface area (Å²) in [5, 5.41) is 22.5. The number of nitrogens with one attached hydrogen (secondary N) is 2. The lowest BCUT2D eigenvalue weighted by atomic mass is 10.1. The summed E-state index contributed by atoms with van der Waals surface area (Å²) in [5.74, 6) is 3.14. The second-order valence-corrected chi connectivity index (χ2v) is 17.6. The number of anilines is 2. The fourth-order valence-electron chi connectivity index (χ4n) is 8.48. The van der Waals surface area contributed by atoms with Crippen molar-refractivity contribution >= 4 is 23.5 Å². The van der Waals surface area contributed by atoms with Crippen LogP contribution in [-0.4, -0.2) is 93.6 Å². The van der Waals surface area contributed by atoms with Crippen LogP contribution in [0.25, 0.3) is 34.4 Å². The van der Waals surface area contributed by atoms with Crippen LogP contribution in [0.5, 0.6) is 11.8 Å². The van der Waals surface area contributed by atoms with Gasteiger partial charge in [0.25, 0.3) is 11.8 Å². The number of rotatable bonds is 4. The van der Waals surface area contributed by atoms with E-state index in [1.54, 1.807) is 62.0 Å². The van der Waals surface area contributed by atoms with Crippen LogP contribution in [0.4, 0.5) is 11.6 Å². The number of imidazole rings is 2. The molecule has 0 unspecified atom stereocenters. The van der Waals surface area contributed by atoms with Gasteiger partial charge in [0.15, 0.2) is 11.6 Å². The molecule has 20 nitrogen and oxygen atoms in total. The zero-order chi connectivity index (χ0) is 46.1. The van der Waals surface area contributed by atoms with Crippen molar-refractivity contribution in [3.63, 3.8) is 0 Å². The van der Waals surface area contributed by atoms with Crippen LogP contribution >= 0.6 is 0 Å². The van der Waals surface area contributed by atoms with Crippen molar-refractivity contribution in [2.75, 3.05) is 23.8 Å². The first-order valence-corrected chi connectivity index (χ1v) is 23.0. The summed E-state index contributed by atoms with van der Waals surface area (Å²) < 4.78 is 19.8. The van der Waals surface area contributed by atoms with Crippen LogP contribution in [0.1, 0.15) is 121 Å². The van der Waals surface area contributed by atoms with E-state index in [1.165, 1.54) is 12.8 Å². The van der Waals surface area contributed by atoms with Crippen LogP contribution in [0.15, 0.2) is 98.6 Å². The first kappa shape index (κ1) is 42.5. The smallest absolute Gasteiger partial charge is 0.262 e. The molecule has 0 saturated heterocycles. The number of hydrogen-bond donors (Lipinski definition) is 2. The number of pyridine rings is 4. The minimum Gasteiger partial charge on any atom is -0.477 e. The monoisotopic (exact) mass is 912 g/mol. The molecule has 68 heavy (non-hydrogen) atoms. The number of hydrogen-bond acceptors (Lipinski definition) is 14. The fourth-order valence-corrected chi connectivity index (χ4v) is 8.48. The summed E-state index contributed by atoms with van der Waals surface area (Å²) in [7, 11) is 0. The van der Waals surface area contributed by atoms with Gasteiger partial charge in [0.05, 0.1) is 55.3 Å². The van der Waals surface area contributed by atoms with E-state index in [0.717, 1.165) is 61.3 Å². The second-order valence-electron chi connectivity index (χ2n) is 17.6. The standard InChI is InChI=1S/2C24H24N8O2/c1-15-4-3-9-34-24-18(10-17(11-26-24)32-13-25-12-20(32)16-7-8-16)23(33)29-21-6-2-5-19(28-21)22-30-27-14-31(15)22;1-15-4-3-9-34-24-18(10-17(11-25-24)31-12-20(26-13-31)16-7-8-16)23(33)29-21-6-2-5-19(28-21)22-30-27-14-32(15)22/h2*2,5-6,10-16H,3-4,7-9H2,1H3,(H,28,29,33)/t2*15-/m00/s1. The molecule has 2 fully saturated rings. The summed E-state index contributed by atoms with van der Waals surface area (Å²) in [6.45, 7) is 5.11. The molecule has 2 aliphatic heterocycles. The first-order chi connectivity index (χ1) is 33.3. The minimum absolute atomic E-state index is 0.160. The Bertz CT molecular complexity index is 3130. The Hall–Kier alpha value is -8.16. The van der Waals surface area contributed by atoms with Crippen LogP contribution in [0.3, 0.4) is 0 Å². The average Bonchev–Trinajstić information content (AvgIpc) is 4.08. The Kier molecular flexibility index (Phi) is 11.4. The Morgan fingerprint density at radius 3 is 1.75 bits per heavy atom. The molecule has 20 heteroatoms. The molecule has 2 saturated carbocycles. The molecule has 0 spiro atoms. The van der Waals surface area contributed by atoms with Crippen molar-refractivity contribution in [1.29, 1.82) is 0 Å². The van der Waals surface area contributed by atoms with Gasteiger partial charge in [-0.25, -0.2) is 29.9 Å². The Morgan fingerprint density at radius 1 is 0.618 bits per heavy atom. The molecule has 2 atom stereocenters. The Labute approximate surface area is 390 Å². The first-order valence-electron chi connectivity index (χ1n) is 23.0. The number of amides is 2. The van der Waals surface area contributed by atoms with Gasteiger partial charge < -0.3 is 38.4 Å². The molecule has 8 aromatic rings. The largest absolute Gasteiger partial charge is 0.477 e. The van der Waals surface area contributed by atoms with Gasteiger partial charge in [0, 0.05) is 42.0 Å². The van der Waals surface area contributed by atoms with Crippen molar-refractivity contribution in [1.82, 2.24) is 68.6 Å². The molecular formula is C48H48N16O4. The molecule has 2 N–H and O–H groups in total. The van der Waals surface area contributed by atoms with E-state index in [1.807, 2.05) is 54.9 Å². The predicted molar refractivity (Wildman–Crippen MR) is 248 cm³/mol. The summed E-state index contributed by atoms with van der Waals surface area (Å²) in [5.41, 5.74) is 5.74. The molecule has 10 heterocycles. The molecule has 4 aliphatic rings. The summed E-state index contributed by atoms with van der Waals surface area (Å²) in [6.07, 6.45) is 22.2. The molecule has 4 bridgehead atoms. The fraction of sp³-hybridized carbons (Fsp3) is 0.333. The van der Waals surface area contributed by atoms with Crippen molar-refractivity contribution in [3.05, 3.63) is 121 Å². The van der Waals surface area contributed by atoms with Gasteiger partial charge in [-0.15, -0.1) is 20.4 Å². The normalized spacial score (nSPS) is 18.3. The van der Waals surface area contributed by atoms with Gasteiger partial charge in [-0.05, 0) is 102 Å². The average molecular weight is 913 g/mol. The lowest BCUT2D eigenvalue weighted by Crippen LogP contribution is -2.17. The number of carbonyl (C=O) groups is 2. The van der Waals surface area contributed by atoms with E-state index in [-0.39, 0.29) is 23.9 Å². The molecule has 0 radical (unpaired) electrons. The lowest BCUT2D eigenvalue weighted by molar-refractivity contribution is 0.101. The van der Waals surface area contributed by atoms with Crippen molar-refractivity contribution < 1.29 is 19.1 Å². The van der Waals surface area contributed by atoms with Crippen molar-refractivity contribution in [3.8, 4) is 46.2 Å². The molecule has 344 valence electrons. The van der Waals surface area contributed by atoms with Crippen molar-refractivity contribution in [2.45, 2.75) is 89.1 Å². The molecule has 0 aromatic carbocycles. The third kappa shape index (κ3) is 8.91. The van der Waals surface area contributed by atoms with E-state index in [2.05, 4.69) is 74.8 Å². The van der Waals surface area contributed by atoms with E-state index >= 15 is 0 Å². The third-order valence-electron chi connectivity index (χ3n) is 12.5. The van der Waals surface area contributed by atoms with E-state index in [4.69, 9.17) is 9.47 Å². The van der Waals surface area contributed by atoms with Crippen LogP contribution < -0.4 is 20.1 Å². The highest BCUT2D eigenvalue weighted by Crippen LogP contribution is 2.41. The number of nitrogens with zero attached hydrogens (tertiary/aromatic N) is 14. The number of ether oxygens (including phenoxy) is 2. The number of carbonyl (C=O) groups excluding carboxylic acids is 2. The van der Waals surface area contributed by atoms with E-state index in [9.17, 15) is 9.59 Å². The summed E-state index contributed by atoms with van der Waals surface area (Å²) in [6, 6.07) is 14.8. The molecule has 2 aliphatic carbocycles. The quantitative estimate of drug-likeness (QED) is 0.174. The van der Waals surface area contributed by atoms with Gasteiger partial charge in [0.1, 0.15) is 46.8 Å². The highest BCUT2D eigenvalue weighted by molar-refractivity contribution is 6.06. The van der Waals surface area contributed by atoms with Crippen LogP contribution in [-0.2, 0) is 0 Å². The van der Waals surface area contributed by atoms with Crippen LogP contribution in [0.2, 0.25) is 0 Å². The molecule has 12 rings (SSSR count). The Balaban J connectivity index is 0.000000149. The highest BCUT2D eigenvalue weighted by atomic mass is 16.5. The lowest BCUT2D eigenvalue weighted by Gasteiger charge is -2.17. The molecule has 2 amide bonds. The maximum Gasteiger partial charge on any atom is 0.262 e. The van der Waals surface area contributed by atoms with Gasteiger partial charge in [-0.3, -0.25) is 9.59 Å². The maximum atomic E-state index is 13.4. The highest BCUT2D eigenvalue weighted by Gasteiger charge is 2.29. The topological polar surface area (TPSA) is 225 Å².